The zero-order chi connectivity index (χ0) is 22.7. The Kier molecular flexibility index (Phi) is 5.01. The van der Waals surface area contributed by atoms with Crippen molar-refractivity contribution in [1.82, 2.24) is 10.2 Å². The van der Waals surface area contributed by atoms with Crippen LogP contribution in [0.4, 0.5) is 4.79 Å². The number of benzene rings is 2. The summed E-state index contributed by atoms with van der Waals surface area (Å²) >= 11 is 6.38. The van der Waals surface area contributed by atoms with Gasteiger partial charge in [-0.15, -0.1) is 0 Å². The third-order valence-corrected chi connectivity index (χ3v) is 7.26. The van der Waals surface area contributed by atoms with Crippen LogP contribution in [0.1, 0.15) is 68.2 Å². The lowest BCUT2D eigenvalue weighted by Crippen LogP contribution is -2.52. The van der Waals surface area contributed by atoms with Crippen LogP contribution in [0.25, 0.3) is 0 Å². The molecular weight excluding hydrogens is 424 g/mol. The van der Waals surface area contributed by atoms with E-state index >= 15 is 0 Å². The summed E-state index contributed by atoms with van der Waals surface area (Å²) in [5.74, 6) is 0.401. The Morgan fingerprint density at radius 3 is 2.47 bits per heavy atom. The average Bonchev–Trinajstić information content (AvgIpc) is 3.25. The lowest BCUT2D eigenvalue weighted by molar-refractivity contribution is -0.136. The summed E-state index contributed by atoms with van der Waals surface area (Å²) in [6, 6.07) is 14.4. The van der Waals surface area contributed by atoms with E-state index in [0.717, 1.165) is 17.5 Å². The molecule has 0 spiro atoms. The molecule has 3 aliphatic rings. The Balaban J connectivity index is 1.37. The maximum absolute atomic E-state index is 14.1. The van der Waals surface area contributed by atoms with E-state index in [1.807, 2.05) is 43.9 Å². The van der Waals surface area contributed by atoms with Crippen LogP contribution in [-0.2, 0) is 14.9 Å². The number of fused-ring (bicyclic) bond motifs is 8. The number of likely N-dealkylation sites (tertiary alicyclic amines) is 1. The summed E-state index contributed by atoms with van der Waals surface area (Å²) in [6.45, 7) is 6.79. The first-order valence-electron chi connectivity index (χ1n) is 11.4. The monoisotopic (exact) mass is 452 g/mol. The second-order valence-corrected chi connectivity index (χ2v) is 10.6. The van der Waals surface area contributed by atoms with Gasteiger partial charge in [-0.2, -0.15) is 0 Å². The molecule has 0 saturated carbocycles. The highest BCUT2D eigenvalue weighted by Crippen LogP contribution is 2.61. The lowest BCUT2D eigenvalue weighted by atomic mass is 9.74. The number of amides is 2. The average molecular weight is 453 g/mol. The summed E-state index contributed by atoms with van der Waals surface area (Å²) in [6.07, 6.45) is 1.81. The van der Waals surface area contributed by atoms with Crippen molar-refractivity contribution in [1.29, 1.82) is 0 Å². The van der Waals surface area contributed by atoms with Crippen molar-refractivity contribution in [3.05, 3.63) is 69.7 Å². The van der Waals surface area contributed by atoms with Gasteiger partial charge in [0.05, 0.1) is 0 Å². The van der Waals surface area contributed by atoms with E-state index in [4.69, 9.17) is 16.3 Å². The van der Waals surface area contributed by atoms with Gasteiger partial charge >= 0.3 is 6.09 Å². The van der Waals surface area contributed by atoms with Gasteiger partial charge in [-0.3, -0.25) is 4.79 Å². The zero-order valence-electron chi connectivity index (χ0n) is 18.8. The quantitative estimate of drug-likeness (QED) is 0.698. The van der Waals surface area contributed by atoms with E-state index in [1.165, 1.54) is 11.1 Å². The number of nitrogens with one attached hydrogen (secondary N) is 1. The number of alkyl carbamates (subject to hydrolysis) is 1. The van der Waals surface area contributed by atoms with Gasteiger partial charge in [-0.05, 0) is 74.4 Å². The van der Waals surface area contributed by atoms with Crippen LogP contribution >= 0.6 is 11.6 Å². The van der Waals surface area contributed by atoms with Gasteiger partial charge in [0.15, 0.2) is 0 Å². The van der Waals surface area contributed by atoms with E-state index < -0.39 is 17.1 Å². The molecule has 2 amide bonds. The summed E-state index contributed by atoms with van der Waals surface area (Å²) in [7, 11) is 0. The minimum atomic E-state index is -0.660. The molecule has 2 aliphatic carbocycles. The molecule has 1 heterocycles. The number of carbonyl (C=O) groups excluding carboxylic acids is 2. The summed E-state index contributed by atoms with van der Waals surface area (Å²) in [5.41, 5.74) is 3.49. The molecule has 2 atom stereocenters. The van der Waals surface area contributed by atoms with Crippen molar-refractivity contribution in [2.75, 3.05) is 13.1 Å². The van der Waals surface area contributed by atoms with E-state index in [1.54, 1.807) is 0 Å². The van der Waals surface area contributed by atoms with Crippen LogP contribution < -0.4 is 5.32 Å². The van der Waals surface area contributed by atoms with Crippen molar-refractivity contribution in [3.63, 3.8) is 0 Å². The molecule has 2 aromatic carbocycles. The van der Waals surface area contributed by atoms with E-state index in [-0.39, 0.29) is 17.9 Å². The zero-order valence-corrected chi connectivity index (χ0v) is 19.5. The molecule has 6 heteroatoms. The Hall–Kier alpha value is -2.53. The maximum atomic E-state index is 14.1. The molecular formula is C26H29ClN2O3. The van der Waals surface area contributed by atoms with E-state index in [2.05, 4.69) is 29.6 Å². The first-order valence-corrected chi connectivity index (χ1v) is 11.7. The highest BCUT2D eigenvalue weighted by atomic mass is 35.5. The Labute approximate surface area is 194 Å². The van der Waals surface area contributed by atoms with Crippen LogP contribution in [-0.4, -0.2) is 41.6 Å². The standard InChI is InChI=1S/C26H29ClN2O3/c1-25(2,3)32-24(31)28-17-10-12-29(13-11-17)23(30)26-15-20(18-6-4-5-7-21(18)26)19-9-8-16(27)14-22(19)26/h4-9,14,17,20H,10-13,15H2,1-3H3,(H,28,31)/t20-,26-/m1/s1. The van der Waals surface area contributed by atoms with Gasteiger partial charge in [0, 0.05) is 30.1 Å². The van der Waals surface area contributed by atoms with Crippen molar-refractivity contribution < 1.29 is 14.3 Å². The normalized spacial score (nSPS) is 24.1. The fourth-order valence-corrected chi connectivity index (χ4v) is 5.91. The minimum Gasteiger partial charge on any atom is -0.444 e. The molecule has 32 heavy (non-hydrogen) atoms. The van der Waals surface area contributed by atoms with Crippen LogP contribution in [0.5, 0.6) is 0 Å². The van der Waals surface area contributed by atoms with Crippen molar-refractivity contribution in [3.8, 4) is 0 Å². The van der Waals surface area contributed by atoms with Gasteiger partial charge in [0.25, 0.3) is 0 Å². The number of rotatable bonds is 2. The van der Waals surface area contributed by atoms with E-state index in [0.29, 0.717) is 31.0 Å². The number of piperidine rings is 1. The molecule has 168 valence electrons. The van der Waals surface area contributed by atoms with Crippen LogP contribution in [0.3, 0.4) is 0 Å². The first kappa shape index (κ1) is 21.3. The molecule has 0 unspecified atom stereocenters. The van der Waals surface area contributed by atoms with Crippen molar-refractivity contribution in [2.45, 2.75) is 63.0 Å². The number of ether oxygens (including phenoxy) is 1. The summed E-state index contributed by atoms with van der Waals surface area (Å²) in [4.78, 5) is 28.2. The fraction of sp³-hybridized carbons (Fsp3) is 0.462. The third kappa shape index (κ3) is 3.38. The van der Waals surface area contributed by atoms with Crippen LogP contribution in [0, 0.1) is 0 Å². The van der Waals surface area contributed by atoms with Gasteiger partial charge < -0.3 is 15.0 Å². The van der Waals surface area contributed by atoms with Gasteiger partial charge in [0.2, 0.25) is 5.91 Å². The summed E-state index contributed by atoms with van der Waals surface area (Å²) < 4.78 is 5.38. The van der Waals surface area contributed by atoms with Gasteiger partial charge in [-0.25, -0.2) is 4.79 Å². The number of nitrogens with zero attached hydrogens (tertiary/aromatic N) is 1. The van der Waals surface area contributed by atoms with Crippen molar-refractivity contribution in [2.24, 2.45) is 0 Å². The lowest BCUT2D eigenvalue weighted by Gasteiger charge is -2.39. The first-order chi connectivity index (χ1) is 15.2. The smallest absolute Gasteiger partial charge is 0.407 e. The van der Waals surface area contributed by atoms with Crippen LogP contribution in [0.2, 0.25) is 5.02 Å². The molecule has 2 bridgehead atoms. The number of hydrogen-bond donors (Lipinski definition) is 1. The maximum Gasteiger partial charge on any atom is 0.407 e. The molecule has 2 aromatic rings. The predicted molar refractivity (Wildman–Crippen MR) is 124 cm³/mol. The Bertz CT molecular complexity index is 1080. The molecule has 1 fully saturated rings. The molecule has 1 aliphatic heterocycles. The second-order valence-electron chi connectivity index (χ2n) is 10.2. The van der Waals surface area contributed by atoms with Crippen LogP contribution in [0.15, 0.2) is 42.5 Å². The number of carbonyl (C=O) groups is 2. The number of halogens is 1. The third-order valence-electron chi connectivity index (χ3n) is 7.02. The molecule has 1 N–H and O–H groups in total. The molecule has 0 radical (unpaired) electrons. The topological polar surface area (TPSA) is 58.6 Å². The van der Waals surface area contributed by atoms with Crippen molar-refractivity contribution >= 4 is 23.6 Å². The molecule has 0 aromatic heterocycles. The van der Waals surface area contributed by atoms with Gasteiger partial charge in [0.1, 0.15) is 11.0 Å². The van der Waals surface area contributed by atoms with E-state index in [9.17, 15) is 9.59 Å². The number of hydrogen-bond acceptors (Lipinski definition) is 3. The SMILES string of the molecule is CC(C)(C)OC(=O)NC1CCN(C(=O)[C@]23C[C@H](c4ccccc42)c2ccc(Cl)cc23)CC1. The highest BCUT2D eigenvalue weighted by Gasteiger charge is 2.58. The second kappa shape index (κ2) is 7.51. The molecule has 5 rings (SSSR count). The fourth-order valence-electron chi connectivity index (χ4n) is 5.74. The summed E-state index contributed by atoms with van der Waals surface area (Å²) in [5, 5.41) is 3.63. The largest absolute Gasteiger partial charge is 0.444 e. The minimum absolute atomic E-state index is 0.0142. The predicted octanol–water partition coefficient (Wildman–Crippen LogP) is 4.99. The Morgan fingerprint density at radius 2 is 1.75 bits per heavy atom. The molecule has 5 nitrogen and oxygen atoms in total. The highest BCUT2D eigenvalue weighted by molar-refractivity contribution is 6.30. The van der Waals surface area contributed by atoms with Gasteiger partial charge in [-0.1, -0.05) is 41.9 Å². The Morgan fingerprint density at radius 1 is 1.06 bits per heavy atom. The molecule has 1 saturated heterocycles.